The molecule has 0 aliphatic carbocycles. The van der Waals surface area contributed by atoms with E-state index in [1.54, 1.807) is 25.7 Å². The Morgan fingerprint density at radius 3 is 2.30 bits per heavy atom. The maximum Gasteiger partial charge on any atom is 0.407 e. The summed E-state index contributed by atoms with van der Waals surface area (Å²) in [5.41, 5.74) is 0.406. The van der Waals surface area contributed by atoms with Gasteiger partial charge in [0, 0.05) is 19.1 Å². The van der Waals surface area contributed by atoms with Crippen molar-refractivity contribution in [2.24, 2.45) is 0 Å². The van der Waals surface area contributed by atoms with Crippen LogP contribution in [-0.4, -0.2) is 47.7 Å². The second-order valence-corrected chi connectivity index (χ2v) is 7.44. The lowest BCUT2D eigenvalue weighted by Crippen LogP contribution is -2.39. The highest BCUT2D eigenvalue weighted by Crippen LogP contribution is 2.09. The Bertz CT molecular complexity index is 623. The molecule has 0 saturated carbocycles. The maximum atomic E-state index is 12.4. The number of carbonyl (C=O) groups is 3. The summed E-state index contributed by atoms with van der Waals surface area (Å²) in [7, 11) is 0. The molecule has 1 aromatic rings. The van der Waals surface area contributed by atoms with Crippen LogP contribution in [-0.2, 0) is 25.6 Å². The van der Waals surface area contributed by atoms with E-state index < -0.39 is 17.7 Å². The van der Waals surface area contributed by atoms with Gasteiger partial charge >= 0.3 is 12.1 Å². The minimum absolute atomic E-state index is 0.0229. The van der Waals surface area contributed by atoms with Crippen LogP contribution in [0.5, 0.6) is 0 Å². The molecule has 0 fully saturated rings. The molecular formula is C20H30N2O5. The molecule has 1 aromatic carbocycles. The van der Waals surface area contributed by atoms with E-state index in [4.69, 9.17) is 9.47 Å². The van der Waals surface area contributed by atoms with E-state index in [9.17, 15) is 14.4 Å². The largest absolute Gasteiger partial charge is 0.456 e. The van der Waals surface area contributed by atoms with Gasteiger partial charge in [-0.1, -0.05) is 30.3 Å². The molecule has 0 spiro atoms. The van der Waals surface area contributed by atoms with Crippen molar-refractivity contribution in [3.05, 3.63) is 35.9 Å². The van der Waals surface area contributed by atoms with Gasteiger partial charge in [0.05, 0.1) is 6.42 Å². The lowest BCUT2D eigenvalue weighted by atomic mass is 10.2. The standard InChI is InChI=1S/C20H30N2O5/c1-15(2)22(13-16-9-7-6-8-10-16)17(23)14-26-18(24)11-12-21-19(25)27-20(3,4)5/h6-10,15H,11-14H2,1-5H3,(H,21,25). The Morgan fingerprint density at radius 2 is 1.74 bits per heavy atom. The minimum atomic E-state index is -0.601. The molecule has 0 saturated heterocycles. The van der Waals surface area contributed by atoms with Crippen molar-refractivity contribution in [1.29, 1.82) is 0 Å². The van der Waals surface area contributed by atoms with Crippen molar-refractivity contribution in [1.82, 2.24) is 10.2 Å². The molecule has 1 rings (SSSR count). The SMILES string of the molecule is CC(C)N(Cc1ccccc1)C(=O)COC(=O)CCNC(=O)OC(C)(C)C. The smallest absolute Gasteiger partial charge is 0.407 e. The van der Waals surface area contributed by atoms with Crippen LogP contribution in [0.1, 0.15) is 46.6 Å². The summed E-state index contributed by atoms with van der Waals surface area (Å²) in [5.74, 6) is -0.815. The van der Waals surface area contributed by atoms with Crippen molar-refractivity contribution >= 4 is 18.0 Å². The van der Waals surface area contributed by atoms with Gasteiger partial charge in [0.25, 0.3) is 5.91 Å². The van der Waals surface area contributed by atoms with Crippen LogP contribution in [0.3, 0.4) is 0 Å². The predicted molar refractivity (Wildman–Crippen MR) is 102 cm³/mol. The number of amides is 2. The summed E-state index contributed by atoms with van der Waals surface area (Å²) in [4.78, 5) is 37.3. The molecule has 7 heteroatoms. The highest BCUT2D eigenvalue weighted by atomic mass is 16.6. The highest BCUT2D eigenvalue weighted by Gasteiger charge is 2.19. The van der Waals surface area contributed by atoms with E-state index in [1.165, 1.54) is 0 Å². The number of ether oxygens (including phenoxy) is 2. The summed E-state index contributed by atoms with van der Waals surface area (Å²) in [5, 5.41) is 2.47. The van der Waals surface area contributed by atoms with Crippen LogP contribution in [0.25, 0.3) is 0 Å². The third-order valence-corrected chi connectivity index (χ3v) is 3.49. The second kappa shape index (κ2) is 10.5. The molecule has 0 aliphatic rings. The average Bonchev–Trinajstić information content (AvgIpc) is 2.56. The molecule has 0 atom stereocenters. The van der Waals surface area contributed by atoms with Gasteiger partial charge in [-0.25, -0.2) is 4.79 Å². The molecule has 0 radical (unpaired) electrons. The van der Waals surface area contributed by atoms with Gasteiger partial charge in [0.15, 0.2) is 6.61 Å². The second-order valence-electron chi connectivity index (χ2n) is 7.44. The van der Waals surface area contributed by atoms with Crippen LogP contribution in [0.4, 0.5) is 4.79 Å². The first-order chi connectivity index (χ1) is 12.6. The fraction of sp³-hybridized carbons (Fsp3) is 0.550. The zero-order valence-corrected chi connectivity index (χ0v) is 16.8. The van der Waals surface area contributed by atoms with Crippen LogP contribution in [0, 0.1) is 0 Å². The Kier molecular flexibility index (Phi) is 8.78. The highest BCUT2D eigenvalue weighted by molar-refractivity contribution is 5.81. The van der Waals surface area contributed by atoms with Crippen LogP contribution in [0.15, 0.2) is 30.3 Å². The Morgan fingerprint density at radius 1 is 1.11 bits per heavy atom. The molecule has 1 N–H and O–H groups in total. The summed E-state index contributed by atoms with van der Waals surface area (Å²) >= 11 is 0. The molecule has 0 aliphatic heterocycles. The molecule has 0 aromatic heterocycles. The Labute approximate surface area is 161 Å². The van der Waals surface area contributed by atoms with Gasteiger partial charge in [-0.2, -0.15) is 0 Å². The van der Waals surface area contributed by atoms with E-state index in [-0.39, 0.29) is 31.5 Å². The summed E-state index contributed by atoms with van der Waals surface area (Å²) in [6, 6.07) is 9.60. The van der Waals surface area contributed by atoms with Crippen LogP contribution >= 0.6 is 0 Å². The van der Waals surface area contributed by atoms with E-state index in [2.05, 4.69) is 5.32 Å². The summed E-state index contributed by atoms with van der Waals surface area (Å²) in [6.45, 7) is 9.29. The number of rotatable bonds is 8. The Balaban J connectivity index is 2.38. The normalized spacial score (nSPS) is 11.0. The van der Waals surface area contributed by atoms with Crippen molar-refractivity contribution in [2.45, 2.75) is 59.2 Å². The molecule has 0 bridgehead atoms. The van der Waals surface area contributed by atoms with Gasteiger partial charge < -0.3 is 19.7 Å². The number of benzene rings is 1. The van der Waals surface area contributed by atoms with Crippen molar-refractivity contribution in [3.8, 4) is 0 Å². The van der Waals surface area contributed by atoms with Gasteiger partial charge in [0.1, 0.15) is 5.60 Å². The zero-order chi connectivity index (χ0) is 20.4. The summed E-state index contributed by atoms with van der Waals surface area (Å²) in [6.07, 6.45) is -0.632. The first kappa shape index (κ1) is 22.5. The fourth-order valence-electron chi connectivity index (χ4n) is 2.22. The minimum Gasteiger partial charge on any atom is -0.456 e. The fourth-order valence-corrected chi connectivity index (χ4v) is 2.22. The topological polar surface area (TPSA) is 84.9 Å². The number of nitrogens with zero attached hydrogens (tertiary/aromatic N) is 1. The van der Waals surface area contributed by atoms with Crippen molar-refractivity contribution in [2.75, 3.05) is 13.2 Å². The molecule has 0 unspecified atom stereocenters. The first-order valence-corrected chi connectivity index (χ1v) is 9.04. The molecule has 0 heterocycles. The molecule has 7 nitrogen and oxygen atoms in total. The number of carbonyl (C=O) groups excluding carboxylic acids is 3. The maximum absolute atomic E-state index is 12.4. The quantitative estimate of drug-likeness (QED) is 0.703. The summed E-state index contributed by atoms with van der Waals surface area (Å²) < 4.78 is 10.1. The van der Waals surface area contributed by atoms with Gasteiger partial charge in [-0.15, -0.1) is 0 Å². The van der Waals surface area contributed by atoms with Gasteiger partial charge in [0.2, 0.25) is 0 Å². The molecule has 150 valence electrons. The van der Waals surface area contributed by atoms with E-state index in [1.807, 2.05) is 44.2 Å². The average molecular weight is 378 g/mol. The number of hydrogen-bond donors (Lipinski definition) is 1. The van der Waals surface area contributed by atoms with Gasteiger partial charge in [-0.3, -0.25) is 9.59 Å². The number of esters is 1. The van der Waals surface area contributed by atoms with E-state index in [0.717, 1.165) is 5.56 Å². The monoisotopic (exact) mass is 378 g/mol. The number of alkyl carbamates (subject to hydrolysis) is 1. The molecular weight excluding hydrogens is 348 g/mol. The Hall–Kier alpha value is -2.57. The van der Waals surface area contributed by atoms with Crippen molar-refractivity contribution < 1.29 is 23.9 Å². The van der Waals surface area contributed by atoms with E-state index in [0.29, 0.717) is 6.54 Å². The zero-order valence-electron chi connectivity index (χ0n) is 16.8. The molecule has 27 heavy (non-hydrogen) atoms. The van der Waals surface area contributed by atoms with Crippen LogP contribution in [0.2, 0.25) is 0 Å². The third kappa shape index (κ3) is 9.63. The number of hydrogen-bond acceptors (Lipinski definition) is 5. The number of nitrogens with one attached hydrogen (secondary N) is 1. The van der Waals surface area contributed by atoms with Crippen LogP contribution < -0.4 is 5.32 Å². The van der Waals surface area contributed by atoms with Crippen molar-refractivity contribution in [3.63, 3.8) is 0 Å². The first-order valence-electron chi connectivity index (χ1n) is 9.04. The molecule has 2 amide bonds. The third-order valence-electron chi connectivity index (χ3n) is 3.49. The van der Waals surface area contributed by atoms with E-state index >= 15 is 0 Å². The predicted octanol–water partition coefficient (Wildman–Crippen LogP) is 2.88. The van der Waals surface area contributed by atoms with Gasteiger partial charge in [-0.05, 0) is 40.2 Å². The lowest BCUT2D eigenvalue weighted by Gasteiger charge is -2.26. The lowest BCUT2D eigenvalue weighted by molar-refractivity contribution is -0.153.